The Kier molecular flexibility index (Phi) is 4.88. The zero-order valence-corrected chi connectivity index (χ0v) is 13.1. The summed E-state index contributed by atoms with van der Waals surface area (Å²) in [5.41, 5.74) is 0.395. The molecule has 0 spiro atoms. The molecule has 1 aliphatic rings. The van der Waals surface area contributed by atoms with Gasteiger partial charge in [-0.15, -0.1) is 0 Å². The molecule has 0 amide bonds. The van der Waals surface area contributed by atoms with E-state index in [0.29, 0.717) is 0 Å². The summed E-state index contributed by atoms with van der Waals surface area (Å²) < 4.78 is 5.20. The molecule has 0 saturated carbocycles. The van der Waals surface area contributed by atoms with Crippen LogP contribution in [0.2, 0.25) is 0 Å². The first-order chi connectivity index (χ1) is 10.0. The highest BCUT2D eigenvalue weighted by atomic mass is 16.5. The molecule has 0 bridgehead atoms. The molecule has 1 fully saturated rings. The zero-order chi connectivity index (χ0) is 15.5. The van der Waals surface area contributed by atoms with Gasteiger partial charge in [-0.1, -0.05) is 19.1 Å². The van der Waals surface area contributed by atoms with Gasteiger partial charge in [-0.3, -0.25) is 9.69 Å². The van der Waals surface area contributed by atoms with Crippen molar-refractivity contribution in [3.05, 3.63) is 29.8 Å². The van der Waals surface area contributed by atoms with Gasteiger partial charge in [-0.05, 0) is 56.8 Å². The minimum atomic E-state index is -0.765. The smallest absolute Gasteiger partial charge is 0.323 e. The molecule has 2 unspecified atom stereocenters. The van der Waals surface area contributed by atoms with Crippen molar-refractivity contribution in [2.24, 2.45) is 0 Å². The lowest BCUT2D eigenvalue weighted by Gasteiger charge is -2.46. The van der Waals surface area contributed by atoms with Gasteiger partial charge in [0.25, 0.3) is 0 Å². The van der Waals surface area contributed by atoms with Crippen molar-refractivity contribution in [2.45, 2.75) is 51.1 Å². The third-order valence-corrected chi connectivity index (χ3v) is 4.67. The molecule has 0 aliphatic carbocycles. The van der Waals surface area contributed by atoms with Crippen LogP contribution in [0, 0.1) is 0 Å². The third kappa shape index (κ3) is 3.05. The molecule has 4 heteroatoms. The van der Waals surface area contributed by atoms with E-state index in [-0.39, 0.29) is 6.04 Å². The minimum absolute atomic E-state index is 0.136. The van der Waals surface area contributed by atoms with E-state index < -0.39 is 11.5 Å². The zero-order valence-electron chi connectivity index (χ0n) is 13.1. The number of hydrogen-bond acceptors (Lipinski definition) is 3. The Hall–Kier alpha value is -1.55. The number of methoxy groups -OCH3 is 1. The van der Waals surface area contributed by atoms with E-state index in [1.807, 2.05) is 31.2 Å². The highest BCUT2D eigenvalue weighted by Gasteiger charge is 2.44. The number of likely N-dealkylation sites (tertiary alicyclic amines) is 1. The van der Waals surface area contributed by atoms with Crippen molar-refractivity contribution in [1.82, 2.24) is 4.90 Å². The van der Waals surface area contributed by atoms with Crippen molar-refractivity contribution in [3.63, 3.8) is 0 Å². The Morgan fingerprint density at radius 2 is 2.05 bits per heavy atom. The summed E-state index contributed by atoms with van der Waals surface area (Å²) in [6, 6.07) is 8.12. The van der Waals surface area contributed by atoms with E-state index in [4.69, 9.17) is 4.74 Å². The van der Waals surface area contributed by atoms with Crippen LogP contribution in [0.4, 0.5) is 0 Å². The van der Waals surface area contributed by atoms with Gasteiger partial charge in [-0.2, -0.15) is 0 Å². The fourth-order valence-electron chi connectivity index (χ4n) is 3.33. The molecular formula is C17H25NO3. The molecule has 1 heterocycles. The highest BCUT2D eigenvalue weighted by molar-refractivity contribution is 5.78. The number of rotatable bonds is 5. The van der Waals surface area contributed by atoms with Crippen molar-refractivity contribution in [3.8, 4) is 5.75 Å². The van der Waals surface area contributed by atoms with E-state index in [0.717, 1.165) is 43.5 Å². The van der Waals surface area contributed by atoms with Crippen molar-refractivity contribution in [2.75, 3.05) is 13.7 Å². The van der Waals surface area contributed by atoms with Crippen molar-refractivity contribution in [1.29, 1.82) is 0 Å². The largest absolute Gasteiger partial charge is 0.497 e. The lowest BCUT2D eigenvalue weighted by Crippen LogP contribution is -2.56. The van der Waals surface area contributed by atoms with Crippen LogP contribution in [0.1, 0.15) is 51.1 Å². The summed E-state index contributed by atoms with van der Waals surface area (Å²) in [5.74, 6) is 0.113. The average Bonchev–Trinajstić information content (AvgIpc) is 2.50. The number of aliphatic carboxylic acids is 1. The van der Waals surface area contributed by atoms with Gasteiger partial charge in [0.05, 0.1) is 7.11 Å². The summed E-state index contributed by atoms with van der Waals surface area (Å²) >= 11 is 0. The molecule has 21 heavy (non-hydrogen) atoms. The van der Waals surface area contributed by atoms with Gasteiger partial charge < -0.3 is 9.84 Å². The first kappa shape index (κ1) is 15.8. The SMILES string of the molecule is CCC(c1ccc(OC)cc1)N1CCCCC1(C)C(=O)O. The van der Waals surface area contributed by atoms with E-state index in [1.165, 1.54) is 0 Å². The summed E-state index contributed by atoms with van der Waals surface area (Å²) in [6.45, 7) is 4.82. The van der Waals surface area contributed by atoms with Crippen LogP contribution in [0.3, 0.4) is 0 Å². The van der Waals surface area contributed by atoms with E-state index >= 15 is 0 Å². The fraction of sp³-hybridized carbons (Fsp3) is 0.588. The molecule has 0 aromatic heterocycles. The third-order valence-electron chi connectivity index (χ3n) is 4.67. The van der Waals surface area contributed by atoms with Crippen LogP contribution >= 0.6 is 0 Å². The highest BCUT2D eigenvalue weighted by Crippen LogP contribution is 2.37. The Morgan fingerprint density at radius 3 is 2.57 bits per heavy atom. The molecule has 0 radical (unpaired) electrons. The first-order valence-corrected chi connectivity index (χ1v) is 7.67. The van der Waals surface area contributed by atoms with Crippen LogP contribution in [0.25, 0.3) is 0 Å². The van der Waals surface area contributed by atoms with Crippen LogP contribution in [-0.2, 0) is 4.79 Å². The first-order valence-electron chi connectivity index (χ1n) is 7.67. The lowest BCUT2D eigenvalue weighted by atomic mass is 9.85. The van der Waals surface area contributed by atoms with Crippen LogP contribution in [-0.4, -0.2) is 35.2 Å². The van der Waals surface area contributed by atoms with Crippen LogP contribution < -0.4 is 4.74 Å². The number of ether oxygens (including phenoxy) is 1. The number of benzene rings is 1. The second-order valence-corrected chi connectivity index (χ2v) is 5.93. The molecule has 4 nitrogen and oxygen atoms in total. The predicted octanol–water partition coefficient (Wildman–Crippen LogP) is 3.48. The second kappa shape index (κ2) is 6.48. The maximum Gasteiger partial charge on any atom is 0.323 e. The van der Waals surface area contributed by atoms with Gasteiger partial charge in [-0.25, -0.2) is 0 Å². The quantitative estimate of drug-likeness (QED) is 0.902. The van der Waals surface area contributed by atoms with Gasteiger partial charge in [0.15, 0.2) is 0 Å². The number of carbonyl (C=O) groups is 1. The van der Waals surface area contributed by atoms with E-state index in [9.17, 15) is 9.90 Å². The van der Waals surface area contributed by atoms with Gasteiger partial charge in [0, 0.05) is 6.04 Å². The Morgan fingerprint density at radius 1 is 1.38 bits per heavy atom. The van der Waals surface area contributed by atoms with Crippen molar-refractivity contribution < 1.29 is 14.6 Å². The number of carboxylic acid groups (broad SMARTS) is 1. The molecule has 2 rings (SSSR count). The summed E-state index contributed by atoms with van der Waals surface area (Å²) in [7, 11) is 1.65. The van der Waals surface area contributed by atoms with E-state index in [2.05, 4.69) is 11.8 Å². The Labute approximate surface area is 126 Å². The maximum atomic E-state index is 11.8. The Balaban J connectivity index is 2.31. The van der Waals surface area contributed by atoms with Gasteiger partial charge in [0.2, 0.25) is 0 Å². The predicted molar refractivity (Wildman–Crippen MR) is 82.6 cm³/mol. The van der Waals surface area contributed by atoms with E-state index in [1.54, 1.807) is 7.11 Å². The molecule has 2 atom stereocenters. The monoisotopic (exact) mass is 291 g/mol. The molecule has 1 saturated heterocycles. The average molecular weight is 291 g/mol. The van der Waals surface area contributed by atoms with Crippen LogP contribution in [0.5, 0.6) is 5.75 Å². The molecule has 1 aliphatic heterocycles. The number of nitrogens with zero attached hydrogens (tertiary/aromatic N) is 1. The Bertz CT molecular complexity index is 485. The van der Waals surface area contributed by atoms with Gasteiger partial charge >= 0.3 is 5.97 Å². The van der Waals surface area contributed by atoms with Gasteiger partial charge in [0.1, 0.15) is 11.3 Å². The van der Waals surface area contributed by atoms with Crippen LogP contribution in [0.15, 0.2) is 24.3 Å². The lowest BCUT2D eigenvalue weighted by molar-refractivity contribution is -0.155. The number of hydrogen-bond donors (Lipinski definition) is 1. The fourth-order valence-corrected chi connectivity index (χ4v) is 3.33. The molecule has 1 aromatic rings. The topological polar surface area (TPSA) is 49.8 Å². The van der Waals surface area contributed by atoms with Crippen molar-refractivity contribution >= 4 is 5.97 Å². The maximum absolute atomic E-state index is 11.8. The molecular weight excluding hydrogens is 266 g/mol. The standard InChI is InChI=1S/C17H25NO3/c1-4-15(13-7-9-14(21-3)10-8-13)18-12-6-5-11-17(18,2)16(19)20/h7-10,15H,4-6,11-12H2,1-3H3,(H,19,20). The minimum Gasteiger partial charge on any atom is -0.497 e. The molecule has 1 N–H and O–H groups in total. The molecule has 116 valence electrons. The normalized spacial score (nSPS) is 24.5. The number of piperidine rings is 1. The number of carboxylic acids is 1. The summed E-state index contributed by atoms with van der Waals surface area (Å²) in [6.07, 6.45) is 3.66. The summed E-state index contributed by atoms with van der Waals surface area (Å²) in [4.78, 5) is 13.9. The second-order valence-electron chi connectivity index (χ2n) is 5.93. The summed E-state index contributed by atoms with van der Waals surface area (Å²) in [5, 5.41) is 9.68. The molecule has 1 aromatic carbocycles.